The third-order valence-electron chi connectivity index (χ3n) is 7.42. The quantitative estimate of drug-likeness (QED) is 0.149. The van der Waals surface area contributed by atoms with E-state index >= 15 is 0 Å². The summed E-state index contributed by atoms with van der Waals surface area (Å²) in [6.45, 7) is 0.285. The summed E-state index contributed by atoms with van der Waals surface area (Å²) >= 11 is 0. The number of ether oxygens (including phenoxy) is 5. The van der Waals surface area contributed by atoms with Gasteiger partial charge in [-0.25, -0.2) is 0 Å². The van der Waals surface area contributed by atoms with Crippen LogP contribution in [-0.2, 0) is 12.8 Å². The summed E-state index contributed by atoms with van der Waals surface area (Å²) in [7, 11) is 0. The first-order valence-corrected chi connectivity index (χ1v) is 15.1. The van der Waals surface area contributed by atoms with Gasteiger partial charge >= 0.3 is 0 Å². The van der Waals surface area contributed by atoms with E-state index in [1.54, 1.807) is 0 Å². The fraction of sp³-hybridized carbons (Fsp3) is 0.211. The number of aliphatic hydroxyl groups excluding tert-OH is 2. The third kappa shape index (κ3) is 7.76. The summed E-state index contributed by atoms with van der Waals surface area (Å²) in [5.74, 6) is 4.28. The zero-order valence-corrected chi connectivity index (χ0v) is 24.9. The Labute approximate surface area is 262 Å². The molecule has 6 rings (SSSR count). The highest BCUT2D eigenvalue weighted by atomic mass is 16.5. The number of benzene rings is 5. The fourth-order valence-corrected chi connectivity index (χ4v) is 5.26. The second-order valence-corrected chi connectivity index (χ2v) is 10.8. The van der Waals surface area contributed by atoms with Gasteiger partial charge < -0.3 is 33.9 Å². The van der Waals surface area contributed by atoms with Crippen molar-refractivity contribution in [2.45, 2.75) is 25.0 Å². The van der Waals surface area contributed by atoms with Crippen molar-refractivity contribution in [1.29, 1.82) is 0 Å². The topological polar surface area (TPSA) is 86.6 Å². The van der Waals surface area contributed by atoms with E-state index in [0.29, 0.717) is 35.8 Å². The van der Waals surface area contributed by atoms with Crippen LogP contribution in [0.5, 0.6) is 28.7 Å². The van der Waals surface area contributed by atoms with Crippen LogP contribution in [0.15, 0.2) is 127 Å². The third-order valence-corrected chi connectivity index (χ3v) is 7.42. The van der Waals surface area contributed by atoms with Crippen LogP contribution in [0, 0.1) is 0 Å². The highest BCUT2D eigenvalue weighted by Crippen LogP contribution is 2.44. The lowest BCUT2D eigenvalue weighted by Crippen LogP contribution is -2.26. The Kier molecular flexibility index (Phi) is 9.80. The first-order valence-electron chi connectivity index (χ1n) is 15.1. The van der Waals surface area contributed by atoms with Crippen molar-refractivity contribution in [1.82, 2.24) is 0 Å². The molecule has 0 saturated carbocycles. The van der Waals surface area contributed by atoms with Crippen LogP contribution in [0.2, 0.25) is 0 Å². The molecular formula is C38H36O7. The molecule has 7 nitrogen and oxygen atoms in total. The molecule has 1 aliphatic rings. The van der Waals surface area contributed by atoms with Crippen molar-refractivity contribution in [2.75, 3.05) is 26.4 Å². The van der Waals surface area contributed by atoms with Gasteiger partial charge in [0.05, 0.1) is 0 Å². The maximum atomic E-state index is 10.8. The zero-order valence-electron chi connectivity index (χ0n) is 24.9. The summed E-state index contributed by atoms with van der Waals surface area (Å²) in [6, 6.07) is 36.3. The summed E-state index contributed by atoms with van der Waals surface area (Å²) in [5, 5.41) is 23.2. The van der Waals surface area contributed by atoms with E-state index in [2.05, 4.69) is 6.08 Å². The van der Waals surface area contributed by atoms with E-state index in [-0.39, 0.29) is 26.4 Å². The molecule has 2 unspecified atom stereocenters. The van der Waals surface area contributed by atoms with Crippen molar-refractivity contribution in [3.63, 3.8) is 0 Å². The molecular weight excluding hydrogens is 568 g/mol. The molecule has 0 bridgehead atoms. The van der Waals surface area contributed by atoms with Crippen molar-refractivity contribution in [2.24, 2.45) is 0 Å². The van der Waals surface area contributed by atoms with E-state index in [0.717, 1.165) is 33.4 Å². The molecule has 230 valence electrons. The second-order valence-electron chi connectivity index (χ2n) is 10.8. The van der Waals surface area contributed by atoms with Crippen LogP contribution >= 0.6 is 0 Å². The normalized spacial score (nSPS) is 13.7. The Balaban J connectivity index is 1.25. The first kappa shape index (κ1) is 30.1. The van der Waals surface area contributed by atoms with Crippen LogP contribution in [0.25, 0.3) is 10.8 Å². The van der Waals surface area contributed by atoms with Gasteiger partial charge in [-0.05, 0) is 48.9 Å². The van der Waals surface area contributed by atoms with E-state index in [9.17, 15) is 10.2 Å². The molecule has 2 N–H and O–H groups in total. The molecule has 1 aliphatic carbocycles. The van der Waals surface area contributed by atoms with E-state index in [4.69, 9.17) is 23.7 Å². The van der Waals surface area contributed by atoms with Gasteiger partial charge in [-0.3, -0.25) is 0 Å². The van der Waals surface area contributed by atoms with Gasteiger partial charge in [0.15, 0.2) is 0 Å². The molecule has 5 aromatic rings. The van der Waals surface area contributed by atoms with E-state index < -0.39 is 12.2 Å². The Morgan fingerprint density at radius 3 is 1.42 bits per heavy atom. The van der Waals surface area contributed by atoms with Gasteiger partial charge in [-0.1, -0.05) is 78.9 Å². The molecule has 0 saturated heterocycles. The summed E-state index contributed by atoms with van der Waals surface area (Å²) in [5.41, 5.74) is 1.87. The first-order chi connectivity index (χ1) is 22.1. The Morgan fingerprint density at radius 2 is 0.911 bits per heavy atom. The highest BCUT2D eigenvalue weighted by molar-refractivity contribution is 5.96. The zero-order chi connectivity index (χ0) is 30.8. The van der Waals surface area contributed by atoms with Gasteiger partial charge in [-0.2, -0.15) is 0 Å². The molecule has 2 atom stereocenters. The average Bonchev–Trinajstić information content (AvgIpc) is 3.09. The lowest BCUT2D eigenvalue weighted by Gasteiger charge is -2.26. The number of hydrogen-bond acceptors (Lipinski definition) is 7. The van der Waals surface area contributed by atoms with Crippen LogP contribution in [0.4, 0.5) is 0 Å². The Morgan fingerprint density at radius 1 is 0.489 bits per heavy atom. The molecule has 45 heavy (non-hydrogen) atoms. The second kappa shape index (κ2) is 14.7. The van der Waals surface area contributed by atoms with Crippen molar-refractivity contribution in [3.05, 3.63) is 138 Å². The van der Waals surface area contributed by atoms with Gasteiger partial charge in [-0.15, -0.1) is 0 Å². The molecule has 0 aliphatic heterocycles. The average molecular weight is 605 g/mol. The SMILES string of the molecule is OC(COc1ccccc1)COc1c2c(c(OCC(O)COc3ccccc3)c3ccccc13)CC(Oc1ccccc1)=CC2. The van der Waals surface area contributed by atoms with Gasteiger partial charge in [0, 0.05) is 28.3 Å². The van der Waals surface area contributed by atoms with Crippen molar-refractivity contribution in [3.8, 4) is 28.7 Å². The number of fused-ring (bicyclic) bond motifs is 2. The van der Waals surface area contributed by atoms with Crippen LogP contribution in [-0.4, -0.2) is 48.8 Å². The number of allylic oxidation sites excluding steroid dienone is 2. The van der Waals surface area contributed by atoms with E-state index in [1.807, 2.05) is 115 Å². The van der Waals surface area contributed by atoms with Crippen LogP contribution < -0.4 is 23.7 Å². The fourth-order valence-electron chi connectivity index (χ4n) is 5.26. The molecule has 7 heteroatoms. The molecule has 0 amide bonds. The molecule has 0 radical (unpaired) electrons. The minimum Gasteiger partial charge on any atom is -0.491 e. The van der Waals surface area contributed by atoms with Crippen molar-refractivity contribution < 1.29 is 33.9 Å². The standard InChI is InChI=1S/C38H36O7/c39-27(23-41-29-12-4-1-5-13-29)25-43-37-33-18-10-11-19-34(33)38(44-26-28(40)24-42-30-14-6-2-7-15-30)36-22-32(20-21-35(36)37)45-31-16-8-3-9-17-31/h1-20,27-28,39-40H,21-26H2. The number of hydrogen-bond donors (Lipinski definition) is 2. The monoisotopic (exact) mass is 604 g/mol. The Bertz CT molecular complexity index is 1700. The number of aliphatic hydroxyl groups is 2. The highest BCUT2D eigenvalue weighted by Gasteiger charge is 2.26. The molecule has 0 heterocycles. The van der Waals surface area contributed by atoms with Crippen molar-refractivity contribution >= 4 is 10.8 Å². The van der Waals surface area contributed by atoms with Crippen LogP contribution in [0.1, 0.15) is 11.1 Å². The lowest BCUT2D eigenvalue weighted by atomic mass is 9.89. The molecule has 5 aromatic carbocycles. The summed E-state index contributed by atoms with van der Waals surface area (Å²) < 4.78 is 30.5. The van der Waals surface area contributed by atoms with E-state index in [1.165, 1.54) is 0 Å². The Hall–Kier alpha value is -4.98. The van der Waals surface area contributed by atoms with Gasteiger partial charge in [0.2, 0.25) is 0 Å². The predicted octanol–water partition coefficient (Wildman–Crippen LogP) is 6.54. The molecule has 0 spiro atoms. The minimum absolute atomic E-state index is 0.0393. The lowest BCUT2D eigenvalue weighted by molar-refractivity contribution is 0.0616. The van der Waals surface area contributed by atoms with Gasteiger partial charge in [0.25, 0.3) is 0 Å². The summed E-state index contributed by atoms with van der Waals surface area (Å²) in [4.78, 5) is 0. The molecule has 0 aromatic heterocycles. The van der Waals surface area contributed by atoms with Crippen LogP contribution in [0.3, 0.4) is 0 Å². The molecule has 0 fully saturated rings. The smallest absolute Gasteiger partial charge is 0.131 e. The number of para-hydroxylation sites is 3. The maximum absolute atomic E-state index is 10.8. The number of rotatable bonds is 14. The largest absolute Gasteiger partial charge is 0.491 e. The summed E-state index contributed by atoms with van der Waals surface area (Å²) in [6.07, 6.45) is 1.38. The van der Waals surface area contributed by atoms with Gasteiger partial charge in [0.1, 0.15) is 73.1 Å². The predicted molar refractivity (Wildman–Crippen MR) is 173 cm³/mol. The maximum Gasteiger partial charge on any atom is 0.131 e. The minimum atomic E-state index is -0.852.